The monoisotopic (exact) mass is 279 g/mol. The fourth-order valence-corrected chi connectivity index (χ4v) is 3.28. The van der Waals surface area contributed by atoms with Crippen molar-refractivity contribution in [2.24, 2.45) is 0 Å². The van der Waals surface area contributed by atoms with Crippen molar-refractivity contribution in [3.63, 3.8) is 0 Å². The molecule has 0 bridgehead atoms. The van der Waals surface area contributed by atoms with Gasteiger partial charge in [0.25, 0.3) is 10.0 Å². The van der Waals surface area contributed by atoms with Crippen LogP contribution in [0.3, 0.4) is 0 Å². The van der Waals surface area contributed by atoms with Gasteiger partial charge in [-0.15, -0.1) is 0 Å². The lowest BCUT2D eigenvalue weighted by atomic mass is 10.1. The summed E-state index contributed by atoms with van der Waals surface area (Å²) < 4.78 is 26.0. The molecule has 0 aliphatic heterocycles. The highest BCUT2D eigenvalue weighted by Gasteiger charge is 2.11. The second kappa shape index (κ2) is 5.37. The number of rotatable bonds is 4. The van der Waals surface area contributed by atoms with Crippen LogP contribution in [-0.4, -0.2) is 8.42 Å². The average Bonchev–Trinajstić information content (AvgIpc) is 2.86. The summed E-state index contributed by atoms with van der Waals surface area (Å²) >= 11 is 1.35. The molecule has 18 heavy (non-hydrogen) atoms. The van der Waals surface area contributed by atoms with E-state index in [2.05, 4.69) is 4.72 Å². The van der Waals surface area contributed by atoms with Gasteiger partial charge in [0, 0.05) is 11.6 Å². The minimum atomic E-state index is -3.42. The van der Waals surface area contributed by atoms with E-state index in [1.807, 2.05) is 31.2 Å². The Bertz CT molecular complexity index is 626. The third-order valence-corrected chi connectivity index (χ3v) is 4.54. The van der Waals surface area contributed by atoms with Gasteiger partial charge in [-0.1, -0.05) is 29.8 Å². The van der Waals surface area contributed by atoms with Crippen LogP contribution in [-0.2, 0) is 10.0 Å². The minimum Gasteiger partial charge on any atom is -0.286 e. The molecule has 0 aliphatic rings. The van der Waals surface area contributed by atoms with E-state index in [9.17, 15) is 8.42 Å². The number of thiophene rings is 1. The van der Waals surface area contributed by atoms with E-state index in [1.165, 1.54) is 23.1 Å². The Morgan fingerprint density at radius 1 is 1.17 bits per heavy atom. The molecule has 0 saturated heterocycles. The molecule has 1 N–H and O–H groups in total. The molecular weight excluding hydrogens is 266 g/mol. The summed E-state index contributed by atoms with van der Waals surface area (Å²) in [4.78, 5) is 0.293. The quantitative estimate of drug-likeness (QED) is 0.935. The van der Waals surface area contributed by atoms with Gasteiger partial charge in [-0.3, -0.25) is 4.72 Å². The molecule has 1 aromatic carbocycles. The highest BCUT2D eigenvalue weighted by molar-refractivity contribution is 7.89. The molecule has 94 valence electrons. The fourth-order valence-electron chi connectivity index (χ4n) is 1.37. The van der Waals surface area contributed by atoms with E-state index in [0.29, 0.717) is 4.90 Å². The molecule has 0 aliphatic carbocycles. The van der Waals surface area contributed by atoms with Crippen LogP contribution >= 0.6 is 11.3 Å². The Labute approximate surface area is 111 Å². The zero-order valence-corrected chi connectivity index (χ0v) is 11.5. The Morgan fingerprint density at radius 3 is 2.50 bits per heavy atom. The van der Waals surface area contributed by atoms with Gasteiger partial charge in [0.05, 0.1) is 4.90 Å². The van der Waals surface area contributed by atoms with E-state index >= 15 is 0 Å². The van der Waals surface area contributed by atoms with E-state index in [1.54, 1.807) is 22.9 Å². The SMILES string of the molecule is Cc1ccc(/C=C/NS(=O)(=O)c2ccsc2)cc1. The first-order chi connectivity index (χ1) is 8.58. The topological polar surface area (TPSA) is 46.2 Å². The summed E-state index contributed by atoms with van der Waals surface area (Å²) in [6.45, 7) is 2.01. The van der Waals surface area contributed by atoms with Crippen molar-refractivity contribution < 1.29 is 8.42 Å². The highest BCUT2D eigenvalue weighted by atomic mass is 32.2. The first-order valence-electron chi connectivity index (χ1n) is 5.36. The third-order valence-electron chi connectivity index (χ3n) is 2.38. The summed E-state index contributed by atoms with van der Waals surface area (Å²) in [6, 6.07) is 9.41. The first kappa shape index (κ1) is 12.9. The minimum absolute atomic E-state index is 0.293. The zero-order chi connectivity index (χ0) is 13.0. The second-order valence-corrected chi connectivity index (χ2v) is 6.32. The molecule has 0 radical (unpaired) electrons. The van der Waals surface area contributed by atoms with Crippen LogP contribution in [0.4, 0.5) is 0 Å². The van der Waals surface area contributed by atoms with Gasteiger partial charge < -0.3 is 0 Å². The Kier molecular flexibility index (Phi) is 3.84. The standard InChI is InChI=1S/C13H13NO2S2/c1-11-2-4-12(5-3-11)6-8-14-18(15,16)13-7-9-17-10-13/h2-10,14H,1H3/b8-6+. The third kappa shape index (κ3) is 3.21. The lowest BCUT2D eigenvalue weighted by Gasteiger charge is -2.00. The van der Waals surface area contributed by atoms with Crippen LogP contribution in [0.15, 0.2) is 52.2 Å². The van der Waals surface area contributed by atoms with Crippen LogP contribution in [0.1, 0.15) is 11.1 Å². The molecular formula is C13H13NO2S2. The van der Waals surface area contributed by atoms with E-state index < -0.39 is 10.0 Å². The van der Waals surface area contributed by atoms with Gasteiger partial charge in [-0.25, -0.2) is 8.42 Å². The van der Waals surface area contributed by atoms with Crippen molar-refractivity contribution >= 4 is 27.4 Å². The lowest BCUT2D eigenvalue weighted by molar-refractivity contribution is 0.591. The number of sulfonamides is 1. The van der Waals surface area contributed by atoms with Crippen molar-refractivity contribution in [3.8, 4) is 0 Å². The summed E-state index contributed by atoms with van der Waals surface area (Å²) in [7, 11) is -3.42. The summed E-state index contributed by atoms with van der Waals surface area (Å²) in [5, 5.41) is 3.33. The molecule has 0 fully saturated rings. The summed E-state index contributed by atoms with van der Waals surface area (Å²) in [5.74, 6) is 0. The molecule has 0 saturated carbocycles. The molecule has 2 aromatic rings. The number of nitrogens with one attached hydrogen (secondary N) is 1. The molecule has 5 heteroatoms. The molecule has 0 spiro atoms. The van der Waals surface area contributed by atoms with Crippen molar-refractivity contribution in [2.75, 3.05) is 0 Å². The van der Waals surface area contributed by atoms with E-state index in [4.69, 9.17) is 0 Å². The number of benzene rings is 1. The number of hydrogen-bond donors (Lipinski definition) is 1. The Morgan fingerprint density at radius 2 is 1.89 bits per heavy atom. The molecule has 3 nitrogen and oxygen atoms in total. The maximum absolute atomic E-state index is 11.8. The van der Waals surface area contributed by atoms with Gasteiger partial charge >= 0.3 is 0 Å². The molecule has 1 aromatic heterocycles. The van der Waals surface area contributed by atoms with E-state index in [-0.39, 0.29) is 0 Å². The average molecular weight is 279 g/mol. The van der Waals surface area contributed by atoms with Gasteiger partial charge in [-0.2, -0.15) is 11.3 Å². The predicted octanol–water partition coefficient (Wildman–Crippen LogP) is 3.01. The molecule has 0 amide bonds. The highest BCUT2D eigenvalue weighted by Crippen LogP contribution is 2.12. The van der Waals surface area contributed by atoms with Crippen LogP contribution < -0.4 is 4.72 Å². The Balaban J connectivity index is 2.06. The van der Waals surface area contributed by atoms with Crippen molar-refractivity contribution in [3.05, 3.63) is 58.4 Å². The van der Waals surface area contributed by atoms with Gasteiger partial charge in [0.1, 0.15) is 0 Å². The second-order valence-electron chi connectivity index (χ2n) is 3.82. The Hall–Kier alpha value is -1.59. The molecule has 1 heterocycles. The maximum Gasteiger partial charge on any atom is 0.262 e. The van der Waals surface area contributed by atoms with Gasteiger partial charge in [0.2, 0.25) is 0 Å². The van der Waals surface area contributed by atoms with Crippen LogP contribution in [0.5, 0.6) is 0 Å². The molecule has 0 atom stereocenters. The predicted molar refractivity (Wildman–Crippen MR) is 74.9 cm³/mol. The smallest absolute Gasteiger partial charge is 0.262 e. The maximum atomic E-state index is 11.8. The van der Waals surface area contributed by atoms with Crippen LogP contribution in [0.2, 0.25) is 0 Å². The number of aryl methyl sites for hydroxylation is 1. The van der Waals surface area contributed by atoms with Gasteiger partial charge in [0.15, 0.2) is 0 Å². The van der Waals surface area contributed by atoms with Crippen molar-refractivity contribution in [1.82, 2.24) is 4.72 Å². The zero-order valence-electron chi connectivity index (χ0n) is 9.83. The summed E-state index contributed by atoms with van der Waals surface area (Å²) in [5.41, 5.74) is 2.12. The van der Waals surface area contributed by atoms with Crippen molar-refractivity contribution in [2.45, 2.75) is 11.8 Å². The van der Waals surface area contributed by atoms with Crippen LogP contribution in [0, 0.1) is 6.92 Å². The molecule has 0 unspecified atom stereocenters. The van der Waals surface area contributed by atoms with Crippen molar-refractivity contribution in [1.29, 1.82) is 0 Å². The van der Waals surface area contributed by atoms with Crippen LogP contribution in [0.25, 0.3) is 6.08 Å². The largest absolute Gasteiger partial charge is 0.286 e. The molecule has 2 rings (SSSR count). The first-order valence-corrected chi connectivity index (χ1v) is 7.78. The van der Waals surface area contributed by atoms with Gasteiger partial charge in [-0.05, 0) is 30.0 Å². The summed E-state index contributed by atoms with van der Waals surface area (Å²) in [6.07, 6.45) is 3.17. The normalized spacial score (nSPS) is 11.8. The van der Waals surface area contributed by atoms with E-state index in [0.717, 1.165) is 5.56 Å². The fraction of sp³-hybridized carbons (Fsp3) is 0.0769. The number of hydrogen-bond acceptors (Lipinski definition) is 3. The lowest BCUT2D eigenvalue weighted by Crippen LogP contribution is -2.16.